The Labute approximate surface area is 196 Å². The van der Waals surface area contributed by atoms with Crippen LogP contribution in [0.3, 0.4) is 0 Å². The first-order valence-electron chi connectivity index (χ1n) is 10.7. The second kappa shape index (κ2) is 9.12. The van der Waals surface area contributed by atoms with Gasteiger partial charge in [0.25, 0.3) is 11.7 Å². The predicted octanol–water partition coefficient (Wildman–Crippen LogP) is 4.68. The number of Topliss-reactive ketones (excluding diaryl/α,β-unsaturated/α-hetero) is 1. The quantitative estimate of drug-likeness (QED) is 0.329. The zero-order valence-corrected chi connectivity index (χ0v) is 18.6. The van der Waals surface area contributed by atoms with Gasteiger partial charge in [-0.25, -0.2) is 0 Å². The van der Waals surface area contributed by atoms with Crippen LogP contribution in [-0.2, 0) is 9.59 Å². The molecular weight excluding hydrogens is 432 g/mol. The smallest absolute Gasteiger partial charge is 0.300 e. The molecule has 1 heterocycles. The Balaban J connectivity index is 1.86. The standard InChI is InChI=1S/C27H22N2O5/c1-16(2)34-22-12-8-18(9-13-22)25(31)23-24(19-4-3-5-21(30)14-19)29(27(33)26(23)32)20-10-6-17(15-28)7-11-20/h3-14,16,24,30-31H,1-2H3/b25-23-. The summed E-state index contributed by atoms with van der Waals surface area (Å²) in [5, 5.41) is 30.3. The molecular formula is C27H22N2O5. The average Bonchev–Trinajstić information content (AvgIpc) is 3.09. The molecule has 1 atom stereocenters. The molecule has 0 aromatic heterocycles. The number of carbonyl (C=O) groups excluding carboxylic acids is 2. The van der Waals surface area contributed by atoms with Gasteiger partial charge in [-0.05, 0) is 80.1 Å². The average molecular weight is 454 g/mol. The molecule has 0 saturated carbocycles. The lowest BCUT2D eigenvalue weighted by molar-refractivity contribution is -0.132. The van der Waals surface area contributed by atoms with Crippen LogP contribution in [-0.4, -0.2) is 28.0 Å². The molecule has 0 bridgehead atoms. The summed E-state index contributed by atoms with van der Waals surface area (Å²) in [6.45, 7) is 3.79. The summed E-state index contributed by atoms with van der Waals surface area (Å²) in [5.41, 5.74) is 1.48. The fraction of sp³-hybridized carbons (Fsp3) is 0.148. The number of anilines is 1. The third-order valence-electron chi connectivity index (χ3n) is 5.40. The second-order valence-corrected chi connectivity index (χ2v) is 8.11. The van der Waals surface area contributed by atoms with E-state index in [1.807, 2.05) is 19.9 Å². The van der Waals surface area contributed by atoms with Crippen molar-refractivity contribution in [1.82, 2.24) is 0 Å². The van der Waals surface area contributed by atoms with Gasteiger partial charge >= 0.3 is 0 Å². The molecule has 0 spiro atoms. The van der Waals surface area contributed by atoms with Crippen molar-refractivity contribution >= 4 is 23.1 Å². The minimum absolute atomic E-state index is 0.0250. The number of phenolic OH excluding ortho intramolecular Hbond substituents is 1. The van der Waals surface area contributed by atoms with E-state index in [4.69, 9.17) is 10.00 Å². The van der Waals surface area contributed by atoms with Crippen molar-refractivity contribution in [3.8, 4) is 17.6 Å². The van der Waals surface area contributed by atoms with E-state index in [0.717, 1.165) is 0 Å². The van der Waals surface area contributed by atoms with Crippen LogP contribution < -0.4 is 9.64 Å². The van der Waals surface area contributed by atoms with Crippen LogP contribution in [0.1, 0.15) is 36.6 Å². The summed E-state index contributed by atoms with van der Waals surface area (Å²) < 4.78 is 5.63. The summed E-state index contributed by atoms with van der Waals surface area (Å²) in [5.74, 6) is -1.44. The van der Waals surface area contributed by atoms with E-state index in [2.05, 4.69) is 0 Å². The first kappa shape index (κ1) is 22.6. The maximum Gasteiger partial charge on any atom is 0.300 e. The van der Waals surface area contributed by atoms with Crippen LogP contribution >= 0.6 is 0 Å². The number of aromatic hydroxyl groups is 1. The van der Waals surface area contributed by atoms with Gasteiger partial charge in [-0.1, -0.05) is 12.1 Å². The highest BCUT2D eigenvalue weighted by molar-refractivity contribution is 6.51. The molecule has 170 valence electrons. The number of carbonyl (C=O) groups is 2. The molecule has 4 rings (SSSR count). The van der Waals surface area contributed by atoms with E-state index in [1.165, 1.54) is 17.0 Å². The predicted molar refractivity (Wildman–Crippen MR) is 126 cm³/mol. The molecule has 7 nitrogen and oxygen atoms in total. The number of hydrogen-bond acceptors (Lipinski definition) is 6. The minimum Gasteiger partial charge on any atom is -0.508 e. The first-order chi connectivity index (χ1) is 16.3. The van der Waals surface area contributed by atoms with Gasteiger partial charge in [-0.3, -0.25) is 14.5 Å². The Bertz CT molecular complexity index is 1320. The summed E-state index contributed by atoms with van der Waals surface area (Å²) >= 11 is 0. The summed E-state index contributed by atoms with van der Waals surface area (Å²) in [7, 11) is 0. The Kier molecular flexibility index (Phi) is 6.07. The van der Waals surface area contributed by atoms with E-state index in [-0.39, 0.29) is 23.2 Å². The van der Waals surface area contributed by atoms with Crippen LogP contribution in [0.5, 0.6) is 11.5 Å². The van der Waals surface area contributed by atoms with Gasteiger partial charge in [0.2, 0.25) is 0 Å². The number of ketones is 1. The molecule has 0 radical (unpaired) electrons. The lowest BCUT2D eigenvalue weighted by atomic mass is 9.95. The molecule has 2 N–H and O–H groups in total. The number of aliphatic hydroxyl groups is 1. The number of ether oxygens (including phenoxy) is 1. The topological polar surface area (TPSA) is 111 Å². The summed E-state index contributed by atoms with van der Waals surface area (Å²) in [6.07, 6.45) is -0.0250. The summed E-state index contributed by atoms with van der Waals surface area (Å²) in [6, 6.07) is 20.0. The van der Waals surface area contributed by atoms with Gasteiger partial charge in [0.15, 0.2) is 0 Å². The van der Waals surface area contributed by atoms with Crippen molar-refractivity contribution in [3.05, 3.63) is 95.1 Å². The number of amides is 1. The maximum absolute atomic E-state index is 13.2. The third-order valence-corrected chi connectivity index (χ3v) is 5.40. The monoisotopic (exact) mass is 454 g/mol. The van der Waals surface area contributed by atoms with E-state index in [0.29, 0.717) is 28.1 Å². The fourth-order valence-electron chi connectivity index (χ4n) is 3.92. The number of aliphatic hydroxyl groups excluding tert-OH is 1. The van der Waals surface area contributed by atoms with Crippen molar-refractivity contribution in [3.63, 3.8) is 0 Å². The Morgan fingerprint density at radius 2 is 1.71 bits per heavy atom. The summed E-state index contributed by atoms with van der Waals surface area (Å²) in [4.78, 5) is 27.6. The number of nitrogens with zero attached hydrogens (tertiary/aromatic N) is 2. The van der Waals surface area contributed by atoms with Crippen LogP contribution in [0, 0.1) is 11.3 Å². The van der Waals surface area contributed by atoms with Crippen molar-refractivity contribution in [1.29, 1.82) is 5.26 Å². The second-order valence-electron chi connectivity index (χ2n) is 8.11. The first-order valence-corrected chi connectivity index (χ1v) is 10.7. The van der Waals surface area contributed by atoms with Crippen molar-refractivity contribution in [2.75, 3.05) is 4.90 Å². The van der Waals surface area contributed by atoms with Crippen LogP contribution in [0.25, 0.3) is 5.76 Å². The molecule has 0 aliphatic carbocycles. The zero-order valence-electron chi connectivity index (χ0n) is 18.6. The molecule has 34 heavy (non-hydrogen) atoms. The molecule has 1 fully saturated rings. The number of hydrogen-bond donors (Lipinski definition) is 2. The lowest BCUT2D eigenvalue weighted by Gasteiger charge is -2.25. The number of nitriles is 1. The molecule has 1 aliphatic rings. The molecule has 3 aromatic rings. The van der Waals surface area contributed by atoms with Crippen LogP contribution in [0.4, 0.5) is 5.69 Å². The van der Waals surface area contributed by atoms with Crippen molar-refractivity contribution < 1.29 is 24.5 Å². The number of phenols is 1. The molecule has 7 heteroatoms. The highest BCUT2D eigenvalue weighted by Crippen LogP contribution is 2.42. The van der Waals surface area contributed by atoms with Gasteiger partial charge < -0.3 is 14.9 Å². The van der Waals surface area contributed by atoms with E-state index < -0.39 is 17.7 Å². The highest BCUT2D eigenvalue weighted by atomic mass is 16.5. The highest BCUT2D eigenvalue weighted by Gasteiger charge is 2.47. The van der Waals surface area contributed by atoms with E-state index >= 15 is 0 Å². The van der Waals surface area contributed by atoms with Crippen LogP contribution in [0.15, 0.2) is 78.4 Å². The molecule has 1 aliphatic heterocycles. The zero-order chi connectivity index (χ0) is 24.4. The maximum atomic E-state index is 13.2. The van der Waals surface area contributed by atoms with Gasteiger partial charge in [-0.2, -0.15) is 5.26 Å². The molecule has 1 amide bonds. The largest absolute Gasteiger partial charge is 0.508 e. The molecule has 1 unspecified atom stereocenters. The Morgan fingerprint density at radius 3 is 2.29 bits per heavy atom. The molecule has 1 saturated heterocycles. The number of rotatable bonds is 5. The van der Waals surface area contributed by atoms with Gasteiger partial charge in [-0.15, -0.1) is 0 Å². The van der Waals surface area contributed by atoms with Crippen molar-refractivity contribution in [2.24, 2.45) is 0 Å². The molecule has 3 aromatic carbocycles. The van der Waals surface area contributed by atoms with Gasteiger partial charge in [0.05, 0.1) is 29.4 Å². The minimum atomic E-state index is -0.980. The SMILES string of the molecule is CC(C)Oc1ccc(/C(O)=C2/C(=O)C(=O)N(c3ccc(C#N)cc3)C2c2cccc(O)c2)cc1. The van der Waals surface area contributed by atoms with Crippen LogP contribution in [0.2, 0.25) is 0 Å². The lowest BCUT2D eigenvalue weighted by Crippen LogP contribution is -2.29. The van der Waals surface area contributed by atoms with Gasteiger partial charge in [0, 0.05) is 11.3 Å². The fourth-order valence-corrected chi connectivity index (χ4v) is 3.92. The van der Waals surface area contributed by atoms with Gasteiger partial charge in [0.1, 0.15) is 17.3 Å². The Hall–Kier alpha value is -4.57. The normalized spacial score (nSPS) is 17.1. The van der Waals surface area contributed by atoms with E-state index in [1.54, 1.807) is 60.7 Å². The number of benzene rings is 3. The Morgan fingerprint density at radius 1 is 1.03 bits per heavy atom. The third kappa shape index (κ3) is 4.21. The van der Waals surface area contributed by atoms with E-state index in [9.17, 15) is 19.8 Å². The van der Waals surface area contributed by atoms with Crippen molar-refractivity contribution in [2.45, 2.75) is 26.0 Å².